The van der Waals surface area contributed by atoms with E-state index in [-0.39, 0.29) is 22.2 Å². The fourth-order valence-electron chi connectivity index (χ4n) is 1.80. The smallest absolute Gasteiger partial charge is 0.301 e. The van der Waals surface area contributed by atoms with Crippen LogP contribution in [-0.4, -0.2) is 19.8 Å². The first-order chi connectivity index (χ1) is 12.0. The zero-order valence-corrected chi connectivity index (χ0v) is 15.1. The summed E-state index contributed by atoms with van der Waals surface area (Å²) in [5.41, 5.74) is -2.29. The van der Waals surface area contributed by atoms with E-state index in [1.165, 1.54) is 0 Å². The van der Waals surface area contributed by atoms with Crippen molar-refractivity contribution in [3.8, 4) is 6.07 Å². The fourth-order valence-corrected chi connectivity index (χ4v) is 2.21. The number of hydrogen-bond acceptors (Lipinski definition) is 8. The maximum atomic E-state index is 11.3. The Labute approximate surface area is 164 Å². The average molecular weight is 438 g/mol. The molecule has 0 fully saturated rings. The summed E-state index contributed by atoms with van der Waals surface area (Å²) in [6, 6.07) is 3.33. The number of nitro groups is 2. The highest BCUT2D eigenvalue weighted by molar-refractivity contribution is 6.66. The molecule has 0 radical (unpaired) electrons. The first-order valence-corrected chi connectivity index (χ1v) is 7.79. The summed E-state index contributed by atoms with van der Waals surface area (Å²) in [6.45, 7) is 0. The fraction of sp³-hybridized carbons (Fsp3) is 0.0833. The van der Waals surface area contributed by atoms with E-state index in [4.69, 9.17) is 51.7 Å². The number of alkyl halides is 3. The molecule has 10 nitrogen and oxygen atoms in total. The molecule has 0 saturated heterocycles. The van der Waals surface area contributed by atoms with Crippen LogP contribution in [0.3, 0.4) is 0 Å². The normalized spacial score (nSPS) is 10.9. The highest BCUT2D eigenvalue weighted by Gasteiger charge is 2.30. The number of nitrogens with zero attached hydrogens (tertiary/aromatic N) is 5. The van der Waals surface area contributed by atoms with Gasteiger partial charge in [0, 0.05) is 12.1 Å². The second-order valence-corrected chi connectivity index (χ2v) is 7.22. The number of nitrogens with one attached hydrogen (secondary N) is 1. The van der Waals surface area contributed by atoms with Crippen molar-refractivity contribution in [2.75, 3.05) is 5.32 Å². The summed E-state index contributed by atoms with van der Waals surface area (Å²) < 4.78 is -2.02. The molecular weight excluding hydrogens is 434 g/mol. The van der Waals surface area contributed by atoms with Crippen molar-refractivity contribution in [2.24, 2.45) is 0 Å². The number of aromatic nitrogens is 2. The van der Waals surface area contributed by atoms with Crippen molar-refractivity contribution in [3.05, 3.63) is 55.0 Å². The van der Waals surface area contributed by atoms with Gasteiger partial charge in [-0.2, -0.15) is 5.26 Å². The minimum absolute atomic E-state index is 0.143. The molecule has 1 heterocycles. The van der Waals surface area contributed by atoms with Crippen molar-refractivity contribution in [1.82, 2.24) is 9.97 Å². The number of hydrogen-bond donors (Lipinski definition) is 1. The molecule has 0 aliphatic heterocycles. The molecule has 0 amide bonds. The number of benzene rings is 1. The molecule has 26 heavy (non-hydrogen) atoms. The maximum absolute atomic E-state index is 11.3. The minimum atomic E-state index is -2.02. The van der Waals surface area contributed by atoms with Crippen molar-refractivity contribution in [2.45, 2.75) is 3.79 Å². The first-order valence-electron chi connectivity index (χ1n) is 6.28. The first kappa shape index (κ1) is 19.9. The Morgan fingerprint density at radius 3 is 2.12 bits per heavy atom. The van der Waals surface area contributed by atoms with E-state index in [2.05, 4.69) is 15.3 Å². The lowest BCUT2D eigenvalue weighted by molar-refractivity contribution is -0.392. The molecule has 1 N–H and O–H groups in total. The number of halogens is 4. The van der Waals surface area contributed by atoms with Crippen LogP contribution in [0.15, 0.2) is 18.3 Å². The average Bonchev–Trinajstić information content (AvgIpc) is 2.55. The number of rotatable bonds is 4. The molecule has 14 heteroatoms. The van der Waals surface area contributed by atoms with E-state index in [9.17, 15) is 20.2 Å². The standard InChI is InChI=1S/C12H4Cl4N6O4/c13-6-4-18-11(12(14,15)16)20-10(6)19-9-7(21(23)24)1-5(3-17)2-8(9)22(25)26/h1-2,4H,(H,18,19,20). The van der Waals surface area contributed by atoms with Crippen LogP contribution in [0.2, 0.25) is 5.02 Å². The summed E-state index contributed by atoms with van der Waals surface area (Å²) in [5, 5.41) is 33.7. The molecule has 2 rings (SSSR count). The molecule has 0 saturated carbocycles. The van der Waals surface area contributed by atoms with Gasteiger partial charge in [0.05, 0.1) is 27.7 Å². The Bertz CT molecular complexity index is 921. The zero-order chi connectivity index (χ0) is 19.6. The van der Waals surface area contributed by atoms with Gasteiger partial charge in [-0.25, -0.2) is 9.97 Å². The third kappa shape index (κ3) is 4.20. The van der Waals surface area contributed by atoms with Crippen LogP contribution in [0.4, 0.5) is 22.9 Å². The zero-order valence-electron chi connectivity index (χ0n) is 12.1. The lowest BCUT2D eigenvalue weighted by atomic mass is 10.1. The van der Waals surface area contributed by atoms with Gasteiger partial charge in [0.2, 0.25) is 3.79 Å². The van der Waals surface area contributed by atoms with E-state index in [0.29, 0.717) is 0 Å². The van der Waals surface area contributed by atoms with E-state index in [1.54, 1.807) is 6.07 Å². The van der Waals surface area contributed by atoms with Gasteiger partial charge in [0.15, 0.2) is 17.3 Å². The van der Waals surface area contributed by atoms with Crippen LogP contribution in [0, 0.1) is 31.6 Å². The second-order valence-electron chi connectivity index (χ2n) is 4.53. The summed E-state index contributed by atoms with van der Waals surface area (Å²) in [6.07, 6.45) is 1.05. The molecule has 1 aromatic heterocycles. The molecule has 0 aliphatic carbocycles. The molecule has 0 aliphatic rings. The van der Waals surface area contributed by atoms with E-state index < -0.39 is 30.7 Å². The monoisotopic (exact) mass is 436 g/mol. The third-order valence-corrected chi connectivity index (χ3v) is 3.64. The van der Waals surface area contributed by atoms with Crippen molar-refractivity contribution in [1.29, 1.82) is 5.26 Å². The van der Waals surface area contributed by atoms with Crippen molar-refractivity contribution >= 4 is 69.3 Å². The molecule has 2 aromatic rings. The SMILES string of the molecule is N#Cc1cc([N+](=O)[O-])c(Nc2nc(C(Cl)(Cl)Cl)ncc2Cl)c([N+](=O)[O-])c1. The predicted molar refractivity (Wildman–Crippen MR) is 94.0 cm³/mol. The van der Waals surface area contributed by atoms with Gasteiger partial charge in [0.1, 0.15) is 5.02 Å². The van der Waals surface area contributed by atoms with E-state index in [1.807, 2.05) is 0 Å². The predicted octanol–water partition coefficient (Wildman–Crippen LogP) is 4.39. The lowest BCUT2D eigenvalue weighted by Crippen LogP contribution is -2.10. The molecule has 0 bridgehead atoms. The number of nitriles is 1. The van der Waals surface area contributed by atoms with Crippen molar-refractivity contribution < 1.29 is 9.85 Å². The molecule has 0 unspecified atom stereocenters. The summed E-state index contributed by atoms with van der Waals surface area (Å²) in [7, 11) is 0. The Morgan fingerprint density at radius 1 is 1.15 bits per heavy atom. The van der Waals surface area contributed by atoms with Crippen LogP contribution >= 0.6 is 46.4 Å². The molecule has 0 spiro atoms. The van der Waals surface area contributed by atoms with Gasteiger partial charge in [0.25, 0.3) is 0 Å². The largest absolute Gasteiger partial charge is 0.328 e. The van der Waals surface area contributed by atoms with Crippen LogP contribution in [0.25, 0.3) is 0 Å². The Kier molecular flexibility index (Phi) is 5.68. The lowest BCUT2D eigenvalue weighted by Gasteiger charge is -2.13. The van der Waals surface area contributed by atoms with Crippen molar-refractivity contribution in [3.63, 3.8) is 0 Å². The highest BCUT2D eigenvalue weighted by atomic mass is 35.6. The van der Waals surface area contributed by atoms with Crippen LogP contribution in [-0.2, 0) is 3.79 Å². The Hall–Kier alpha value is -2.45. The third-order valence-electron chi connectivity index (χ3n) is 2.86. The topological polar surface area (TPSA) is 148 Å². The Morgan fingerprint density at radius 2 is 1.69 bits per heavy atom. The number of anilines is 2. The quantitative estimate of drug-likeness (QED) is 0.420. The molecule has 0 atom stereocenters. The van der Waals surface area contributed by atoms with Crippen LogP contribution < -0.4 is 5.32 Å². The van der Waals surface area contributed by atoms with Crippen LogP contribution in [0.1, 0.15) is 11.4 Å². The molecular formula is C12H4Cl4N6O4. The number of nitro benzene ring substituents is 2. The molecule has 1 aromatic carbocycles. The summed E-state index contributed by atoms with van der Waals surface area (Å²) in [4.78, 5) is 28.3. The highest BCUT2D eigenvalue weighted by Crippen LogP contribution is 2.40. The summed E-state index contributed by atoms with van der Waals surface area (Å²) in [5.74, 6) is -0.577. The van der Waals surface area contributed by atoms with Gasteiger partial charge in [-0.05, 0) is 0 Å². The van der Waals surface area contributed by atoms with Gasteiger partial charge >= 0.3 is 11.4 Å². The Balaban J connectivity index is 2.68. The van der Waals surface area contributed by atoms with Gasteiger partial charge < -0.3 is 5.32 Å². The molecule has 134 valence electrons. The van der Waals surface area contributed by atoms with E-state index >= 15 is 0 Å². The second kappa shape index (κ2) is 7.43. The van der Waals surface area contributed by atoms with E-state index in [0.717, 1.165) is 18.3 Å². The minimum Gasteiger partial charge on any atom is -0.328 e. The summed E-state index contributed by atoms with van der Waals surface area (Å²) >= 11 is 22.9. The maximum Gasteiger partial charge on any atom is 0.301 e. The van der Waals surface area contributed by atoms with Crippen LogP contribution in [0.5, 0.6) is 0 Å². The van der Waals surface area contributed by atoms with Gasteiger partial charge in [-0.15, -0.1) is 0 Å². The van der Waals surface area contributed by atoms with Gasteiger partial charge in [-0.1, -0.05) is 46.4 Å². The van der Waals surface area contributed by atoms with Gasteiger partial charge in [-0.3, -0.25) is 20.2 Å².